The molecule has 0 fully saturated rings. The number of nitrogens with one attached hydrogen (secondary N) is 1. The lowest BCUT2D eigenvalue weighted by Crippen LogP contribution is -2.38. The number of aliphatic hydroxyl groups is 1. The van der Waals surface area contributed by atoms with Crippen molar-refractivity contribution in [1.29, 1.82) is 5.26 Å². The first-order valence-corrected chi connectivity index (χ1v) is 6.45. The smallest absolute Gasteiger partial charge is 0.124 e. The second-order valence-electron chi connectivity index (χ2n) is 5.66. The molecule has 1 rings (SSSR count). The Hall–Kier alpha value is -1.44. The largest absolute Gasteiger partial charge is 0.389 e. The van der Waals surface area contributed by atoms with E-state index in [9.17, 15) is 9.50 Å². The number of rotatable bonds is 6. The summed E-state index contributed by atoms with van der Waals surface area (Å²) in [4.78, 5) is 0. The van der Waals surface area contributed by atoms with Crippen molar-refractivity contribution in [2.75, 3.05) is 6.54 Å². The average molecular weight is 264 g/mol. The highest BCUT2D eigenvalue weighted by molar-refractivity contribution is 5.33. The molecule has 0 saturated heterocycles. The molecule has 1 unspecified atom stereocenters. The molecular formula is C15H21FN2O. The third-order valence-electron chi connectivity index (χ3n) is 2.77. The highest BCUT2D eigenvalue weighted by atomic mass is 19.1. The van der Waals surface area contributed by atoms with Crippen LogP contribution in [0, 0.1) is 23.1 Å². The zero-order valence-electron chi connectivity index (χ0n) is 11.7. The molecule has 0 aliphatic carbocycles. The van der Waals surface area contributed by atoms with Crippen molar-refractivity contribution in [1.82, 2.24) is 5.32 Å². The Morgan fingerprint density at radius 3 is 2.68 bits per heavy atom. The molecular weight excluding hydrogens is 243 g/mol. The summed E-state index contributed by atoms with van der Waals surface area (Å²) in [7, 11) is 0. The van der Waals surface area contributed by atoms with Crippen LogP contribution in [0.2, 0.25) is 0 Å². The van der Waals surface area contributed by atoms with Gasteiger partial charge in [-0.2, -0.15) is 5.26 Å². The summed E-state index contributed by atoms with van der Waals surface area (Å²) in [6, 6.07) is 6.17. The number of hydrogen-bond donors (Lipinski definition) is 2. The molecule has 0 aliphatic rings. The fourth-order valence-electron chi connectivity index (χ4n) is 2.24. The molecule has 4 heteroatoms. The Labute approximate surface area is 114 Å². The third-order valence-corrected chi connectivity index (χ3v) is 2.77. The minimum atomic E-state index is -0.778. The van der Waals surface area contributed by atoms with E-state index in [1.807, 2.05) is 6.07 Å². The molecule has 0 bridgehead atoms. The first-order valence-electron chi connectivity index (χ1n) is 6.45. The van der Waals surface area contributed by atoms with Gasteiger partial charge in [-0.05, 0) is 43.0 Å². The second-order valence-corrected chi connectivity index (χ2v) is 5.66. The van der Waals surface area contributed by atoms with Crippen LogP contribution in [0.1, 0.15) is 38.3 Å². The molecule has 0 radical (unpaired) electrons. The van der Waals surface area contributed by atoms with Crippen LogP contribution in [-0.4, -0.2) is 17.3 Å². The molecule has 1 atom stereocenters. The molecule has 0 amide bonds. The zero-order valence-corrected chi connectivity index (χ0v) is 11.7. The molecule has 19 heavy (non-hydrogen) atoms. The van der Waals surface area contributed by atoms with Crippen LogP contribution in [0.25, 0.3) is 0 Å². The van der Waals surface area contributed by atoms with Crippen molar-refractivity contribution < 1.29 is 9.50 Å². The Morgan fingerprint density at radius 2 is 2.11 bits per heavy atom. The fourth-order valence-corrected chi connectivity index (χ4v) is 2.24. The summed E-state index contributed by atoms with van der Waals surface area (Å²) in [6.45, 7) is 6.76. The van der Waals surface area contributed by atoms with Gasteiger partial charge in [0.2, 0.25) is 0 Å². The number of halogens is 1. The van der Waals surface area contributed by atoms with Crippen LogP contribution < -0.4 is 5.32 Å². The van der Waals surface area contributed by atoms with Crippen LogP contribution in [-0.2, 0) is 6.54 Å². The van der Waals surface area contributed by atoms with E-state index in [0.29, 0.717) is 36.6 Å². The van der Waals surface area contributed by atoms with Gasteiger partial charge in [0.05, 0.1) is 17.2 Å². The lowest BCUT2D eigenvalue weighted by molar-refractivity contribution is 0.0383. The Morgan fingerprint density at radius 1 is 1.42 bits per heavy atom. The van der Waals surface area contributed by atoms with Crippen LogP contribution >= 0.6 is 0 Å². The number of benzene rings is 1. The van der Waals surface area contributed by atoms with Crippen molar-refractivity contribution in [2.45, 2.75) is 39.3 Å². The average Bonchev–Trinajstić information content (AvgIpc) is 2.26. The van der Waals surface area contributed by atoms with Gasteiger partial charge in [-0.25, -0.2) is 4.39 Å². The second kappa shape index (κ2) is 6.65. The van der Waals surface area contributed by atoms with Crippen molar-refractivity contribution in [3.8, 4) is 6.07 Å². The van der Waals surface area contributed by atoms with Crippen molar-refractivity contribution in [3.63, 3.8) is 0 Å². The van der Waals surface area contributed by atoms with E-state index in [1.54, 1.807) is 13.0 Å². The van der Waals surface area contributed by atoms with E-state index in [0.717, 1.165) is 0 Å². The minimum absolute atomic E-state index is 0.311. The molecule has 0 saturated carbocycles. The first-order chi connectivity index (χ1) is 8.82. The van der Waals surface area contributed by atoms with E-state index in [4.69, 9.17) is 5.26 Å². The predicted octanol–water partition coefficient (Wildman–Crippen LogP) is 2.58. The highest BCUT2D eigenvalue weighted by Crippen LogP contribution is 2.15. The van der Waals surface area contributed by atoms with Crippen molar-refractivity contribution in [2.24, 2.45) is 5.92 Å². The standard InChI is InChI=1S/C15H21FN2O/c1-11(2)7-15(3,19)10-18-9-13-4-12(8-17)5-14(16)6-13/h4-6,11,18-19H,7,9-10H2,1-3H3. The number of nitrogens with zero attached hydrogens (tertiary/aromatic N) is 1. The molecule has 2 N–H and O–H groups in total. The minimum Gasteiger partial charge on any atom is -0.389 e. The number of nitriles is 1. The van der Waals surface area contributed by atoms with Gasteiger partial charge >= 0.3 is 0 Å². The Kier molecular flexibility index (Phi) is 5.46. The number of hydrogen-bond acceptors (Lipinski definition) is 3. The van der Waals surface area contributed by atoms with E-state index in [1.165, 1.54) is 12.1 Å². The van der Waals surface area contributed by atoms with Gasteiger partial charge < -0.3 is 10.4 Å². The van der Waals surface area contributed by atoms with Gasteiger partial charge in [-0.15, -0.1) is 0 Å². The molecule has 0 aliphatic heterocycles. The van der Waals surface area contributed by atoms with Crippen LogP contribution in [0.3, 0.4) is 0 Å². The SMILES string of the molecule is CC(C)CC(C)(O)CNCc1cc(F)cc(C#N)c1. The van der Waals surface area contributed by atoms with Gasteiger partial charge in [0, 0.05) is 13.1 Å². The van der Waals surface area contributed by atoms with E-state index in [-0.39, 0.29) is 0 Å². The quantitative estimate of drug-likeness (QED) is 0.830. The lowest BCUT2D eigenvalue weighted by atomic mass is 9.94. The summed E-state index contributed by atoms with van der Waals surface area (Å²) >= 11 is 0. The molecule has 0 spiro atoms. The lowest BCUT2D eigenvalue weighted by Gasteiger charge is -2.25. The van der Waals surface area contributed by atoms with Crippen molar-refractivity contribution >= 4 is 0 Å². The maximum Gasteiger partial charge on any atom is 0.124 e. The Bertz CT molecular complexity index is 464. The molecule has 1 aromatic carbocycles. The maximum atomic E-state index is 13.2. The summed E-state index contributed by atoms with van der Waals surface area (Å²) in [5.74, 6) is 0.000881. The van der Waals surface area contributed by atoms with Crippen LogP contribution in [0.5, 0.6) is 0 Å². The highest BCUT2D eigenvalue weighted by Gasteiger charge is 2.21. The van der Waals surface area contributed by atoms with Gasteiger partial charge in [-0.3, -0.25) is 0 Å². The van der Waals surface area contributed by atoms with Crippen LogP contribution in [0.15, 0.2) is 18.2 Å². The van der Waals surface area contributed by atoms with E-state index in [2.05, 4.69) is 19.2 Å². The van der Waals surface area contributed by atoms with Gasteiger partial charge in [0.25, 0.3) is 0 Å². The van der Waals surface area contributed by atoms with Crippen molar-refractivity contribution in [3.05, 3.63) is 35.1 Å². The van der Waals surface area contributed by atoms with Gasteiger partial charge in [0.1, 0.15) is 5.82 Å². The Balaban J connectivity index is 2.54. The molecule has 1 aromatic rings. The van der Waals surface area contributed by atoms with E-state index < -0.39 is 11.4 Å². The monoisotopic (exact) mass is 264 g/mol. The fraction of sp³-hybridized carbons (Fsp3) is 0.533. The summed E-state index contributed by atoms with van der Waals surface area (Å²) in [5, 5.41) is 22.0. The predicted molar refractivity (Wildman–Crippen MR) is 72.9 cm³/mol. The van der Waals surface area contributed by atoms with Gasteiger partial charge in [0.15, 0.2) is 0 Å². The first kappa shape index (κ1) is 15.6. The third kappa shape index (κ3) is 5.82. The maximum absolute atomic E-state index is 13.2. The summed E-state index contributed by atoms with van der Waals surface area (Å²) < 4.78 is 13.2. The van der Waals surface area contributed by atoms with Crippen LogP contribution in [0.4, 0.5) is 4.39 Å². The summed E-state index contributed by atoms with van der Waals surface area (Å²) in [6.07, 6.45) is 0.701. The molecule has 3 nitrogen and oxygen atoms in total. The summed E-state index contributed by atoms with van der Waals surface area (Å²) in [5.41, 5.74) is 0.238. The zero-order chi connectivity index (χ0) is 14.5. The molecule has 104 valence electrons. The van der Waals surface area contributed by atoms with Gasteiger partial charge in [-0.1, -0.05) is 13.8 Å². The molecule has 0 aromatic heterocycles. The topological polar surface area (TPSA) is 56.0 Å². The molecule has 0 heterocycles. The normalized spacial score (nSPS) is 14.2. The van der Waals surface area contributed by atoms with E-state index >= 15 is 0 Å².